The molecule has 0 nitrogen and oxygen atoms in total. The predicted molar refractivity (Wildman–Crippen MR) is 148 cm³/mol. The van der Waals surface area contributed by atoms with Crippen molar-refractivity contribution in [2.45, 2.75) is 136 Å². The summed E-state index contributed by atoms with van der Waals surface area (Å²) in [5.41, 5.74) is 5.83. The lowest BCUT2D eigenvalue weighted by molar-refractivity contribution is 0.525. The Hall–Kier alpha value is -1.56. The highest BCUT2D eigenvalue weighted by Crippen LogP contribution is 2.16. The Morgan fingerprint density at radius 1 is 0.364 bits per heavy atom. The molecule has 0 N–H and O–H groups in total. The molecule has 0 unspecified atom stereocenters. The Morgan fingerprint density at radius 2 is 0.636 bits per heavy atom. The average molecular weight is 449 g/mol. The van der Waals surface area contributed by atoms with Crippen molar-refractivity contribution in [3.8, 4) is 0 Å². The molecule has 33 heavy (non-hydrogen) atoms. The van der Waals surface area contributed by atoms with Crippen LogP contribution < -0.4 is 0 Å². The van der Waals surface area contributed by atoms with Crippen LogP contribution >= 0.6 is 0 Å². The van der Waals surface area contributed by atoms with E-state index >= 15 is 0 Å². The molecule has 0 aliphatic carbocycles. The third-order valence-electron chi connectivity index (χ3n) is 7.10. The van der Waals surface area contributed by atoms with Gasteiger partial charge in [0.1, 0.15) is 0 Å². The maximum Gasteiger partial charge on any atom is -0.0279 e. The van der Waals surface area contributed by atoms with Gasteiger partial charge in [0.05, 0.1) is 0 Å². The van der Waals surface area contributed by atoms with Crippen LogP contribution in [0.3, 0.4) is 0 Å². The number of unbranched alkanes of at least 4 members (excludes halogenated alkanes) is 16. The van der Waals surface area contributed by atoms with Crippen LogP contribution in [0.1, 0.15) is 131 Å². The van der Waals surface area contributed by atoms with Gasteiger partial charge in [0.2, 0.25) is 0 Å². The number of rotatable bonds is 20. The van der Waals surface area contributed by atoms with Crippen LogP contribution in [0.25, 0.3) is 0 Å². The first kappa shape index (κ1) is 27.7. The minimum atomic E-state index is 1.26. The molecule has 2 rings (SSSR count). The van der Waals surface area contributed by atoms with Crippen molar-refractivity contribution in [2.75, 3.05) is 0 Å². The van der Waals surface area contributed by atoms with Crippen LogP contribution in [0.5, 0.6) is 0 Å². The summed E-state index contributed by atoms with van der Waals surface area (Å²) in [5.74, 6) is 0. The second-order valence-electron chi connectivity index (χ2n) is 10.5. The summed E-state index contributed by atoms with van der Waals surface area (Å²) in [6.45, 7) is 4.39. The highest BCUT2D eigenvalue weighted by atomic mass is 14.0. The van der Waals surface area contributed by atoms with E-state index in [0.29, 0.717) is 0 Å². The van der Waals surface area contributed by atoms with Crippen LogP contribution in [0, 0.1) is 13.8 Å². The second kappa shape index (κ2) is 18.8. The maximum absolute atomic E-state index is 2.34. The summed E-state index contributed by atoms with van der Waals surface area (Å²) < 4.78 is 0. The highest BCUT2D eigenvalue weighted by Gasteiger charge is 1.97. The zero-order valence-electron chi connectivity index (χ0n) is 22.1. The van der Waals surface area contributed by atoms with Gasteiger partial charge in [0.25, 0.3) is 0 Å². The Kier molecular flexibility index (Phi) is 15.8. The molecule has 0 heteroatoms. The van der Waals surface area contributed by atoms with E-state index in [9.17, 15) is 0 Å². The minimum absolute atomic E-state index is 1.26. The van der Waals surface area contributed by atoms with Crippen molar-refractivity contribution < 1.29 is 0 Å². The van der Waals surface area contributed by atoms with E-state index in [-0.39, 0.29) is 0 Å². The van der Waals surface area contributed by atoms with E-state index in [4.69, 9.17) is 0 Å². The van der Waals surface area contributed by atoms with Crippen LogP contribution in [0.4, 0.5) is 0 Å². The molecule has 0 radical (unpaired) electrons. The zero-order chi connectivity index (χ0) is 23.4. The van der Waals surface area contributed by atoms with E-state index in [2.05, 4.69) is 62.4 Å². The number of hydrogen-bond donors (Lipinski definition) is 0. The molecule has 0 atom stereocenters. The molecule has 0 saturated carbocycles. The summed E-state index contributed by atoms with van der Waals surface area (Å²) in [4.78, 5) is 0. The van der Waals surface area contributed by atoms with Crippen molar-refractivity contribution in [3.05, 3.63) is 70.8 Å². The highest BCUT2D eigenvalue weighted by molar-refractivity contribution is 5.22. The average Bonchev–Trinajstić information content (AvgIpc) is 2.80. The Morgan fingerprint density at radius 3 is 0.909 bits per heavy atom. The molecule has 0 heterocycles. The Bertz CT molecular complexity index is 652. The lowest BCUT2D eigenvalue weighted by Crippen LogP contribution is -1.88. The van der Waals surface area contributed by atoms with Crippen molar-refractivity contribution in [3.63, 3.8) is 0 Å². The molecule has 0 spiro atoms. The molecular weight excluding hydrogens is 396 g/mol. The number of hydrogen-bond acceptors (Lipinski definition) is 0. The summed E-state index contributed by atoms with van der Waals surface area (Å²) in [7, 11) is 0. The first-order valence-electron chi connectivity index (χ1n) is 14.3. The molecule has 0 bridgehead atoms. The van der Waals surface area contributed by atoms with Crippen molar-refractivity contribution in [2.24, 2.45) is 0 Å². The van der Waals surface area contributed by atoms with E-state index < -0.39 is 0 Å². The van der Waals surface area contributed by atoms with Crippen molar-refractivity contribution in [1.29, 1.82) is 0 Å². The van der Waals surface area contributed by atoms with E-state index in [1.165, 1.54) is 144 Å². The molecule has 0 aliphatic rings. The molecule has 184 valence electrons. The maximum atomic E-state index is 2.34. The first-order valence-corrected chi connectivity index (χ1v) is 14.3. The molecule has 0 amide bonds. The molecule has 0 saturated heterocycles. The monoisotopic (exact) mass is 448 g/mol. The summed E-state index contributed by atoms with van der Waals surface area (Å²) >= 11 is 0. The van der Waals surface area contributed by atoms with Gasteiger partial charge in [-0.25, -0.2) is 0 Å². The third kappa shape index (κ3) is 15.1. The van der Waals surface area contributed by atoms with Gasteiger partial charge in [-0.3, -0.25) is 0 Å². The quantitative estimate of drug-likeness (QED) is 0.177. The fraction of sp³-hybridized carbons (Fsp3) is 0.636. The molecule has 0 fully saturated rings. The fourth-order valence-electron chi connectivity index (χ4n) is 5.05. The molecule has 0 aliphatic heterocycles. The molecular formula is C33H52. The fourth-order valence-corrected chi connectivity index (χ4v) is 5.05. The molecule has 2 aromatic rings. The van der Waals surface area contributed by atoms with Crippen LogP contribution in [0.15, 0.2) is 48.5 Å². The zero-order valence-corrected chi connectivity index (χ0v) is 22.1. The van der Waals surface area contributed by atoms with Crippen molar-refractivity contribution >= 4 is 0 Å². The number of benzene rings is 2. The lowest BCUT2D eigenvalue weighted by atomic mass is 10.0. The largest absolute Gasteiger partial charge is 0.0617 e. The van der Waals surface area contributed by atoms with Gasteiger partial charge < -0.3 is 0 Å². The summed E-state index contributed by atoms with van der Waals surface area (Å²) in [6.07, 6.45) is 26.9. The lowest BCUT2D eigenvalue weighted by Gasteiger charge is -2.05. The number of aryl methyl sites for hydroxylation is 4. The van der Waals surface area contributed by atoms with E-state index in [0.717, 1.165) is 0 Å². The second-order valence-corrected chi connectivity index (χ2v) is 10.5. The minimum Gasteiger partial charge on any atom is -0.0617 e. The summed E-state index contributed by atoms with van der Waals surface area (Å²) in [5, 5.41) is 0. The predicted octanol–water partition coefficient (Wildman–Crippen LogP) is 10.7. The molecule has 2 aromatic carbocycles. The topological polar surface area (TPSA) is 0 Å². The van der Waals surface area contributed by atoms with Crippen molar-refractivity contribution in [1.82, 2.24) is 0 Å². The van der Waals surface area contributed by atoms with Crippen LogP contribution in [0.2, 0.25) is 0 Å². The normalized spacial score (nSPS) is 11.2. The van der Waals surface area contributed by atoms with Crippen LogP contribution in [-0.2, 0) is 12.8 Å². The van der Waals surface area contributed by atoms with Gasteiger partial charge in [-0.1, -0.05) is 156 Å². The standard InChI is InChI=1S/C33H52/c1-30-22-20-26-32(28-30)24-18-16-14-12-10-8-6-4-3-5-7-9-11-13-15-17-19-25-33-27-21-23-31(2)29-33/h20-23,26-29H,3-19,24-25H2,1-2H3. The van der Waals surface area contributed by atoms with Gasteiger partial charge in [0.15, 0.2) is 0 Å². The third-order valence-corrected chi connectivity index (χ3v) is 7.10. The Balaban J connectivity index is 1.24. The van der Waals surface area contributed by atoms with Gasteiger partial charge in [-0.15, -0.1) is 0 Å². The van der Waals surface area contributed by atoms with Crippen LogP contribution in [-0.4, -0.2) is 0 Å². The first-order chi connectivity index (χ1) is 16.2. The van der Waals surface area contributed by atoms with E-state index in [1.807, 2.05) is 0 Å². The van der Waals surface area contributed by atoms with Gasteiger partial charge >= 0.3 is 0 Å². The SMILES string of the molecule is Cc1cccc(CCCCCCCCCCCCCCCCCCCc2cccc(C)c2)c1. The smallest absolute Gasteiger partial charge is 0.0279 e. The Labute approximate surface area is 206 Å². The molecule has 0 aromatic heterocycles. The van der Waals surface area contributed by atoms with Gasteiger partial charge in [0, 0.05) is 0 Å². The van der Waals surface area contributed by atoms with E-state index in [1.54, 1.807) is 0 Å². The van der Waals surface area contributed by atoms with Gasteiger partial charge in [-0.2, -0.15) is 0 Å². The summed E-state index contributed by atoms with van der Waals surface area (Å²) in [6, 6.07) is 18.0. The van der Waals surface area contributed by atoms with Gasteiger partial charge in [-0.05, 0) is 50.7 Å².